The van der Waals surface area contributed by atoms with E-state index in [1.54, 1.807) is 6.07 Å². The van der Waals surface area contributed by atoms with Crippen molar-refractivity contribution in [1.82, 2.24) is 4.57 Å². The number of rotatable bonds is 2. The number of aryl methyl sites for hydroxylation is 1. The minimum absolute atomic E-state index is 0.0535. The molecule has 3 aromatic rings. The molecule has 0 fully saturated rings. The summed E-state index contributed by atoms with van der Waals surface area (Å²) in [6, 6.07) is 12.1. The summed E-state index contributed by atoms with van der Waals surface area (Å²) in [6.07, 6.45) is 1.97. The largest absolute Gasteiger partial charge is 0.457 e. The molecule has 0 radical (unpaired) electrons. The topological polar surface area (TPSA) is 14.2 Å². The lowest BCUT2D eigenvalue weighted by atomic mass is 10.2. The van der Waals surface area contributed by atoms with Crippen molar-refractivity contribution < 1.29 is 9.13 Å². The fourth-order valence-electron chi connectivity index (χ4n) is 2.03. The van der Waals surface area contributed by atoms with Crippen LogP contribution in [0.1, 0.15) is 0 Å². The van der Waals surface area contributed by atoms with Crippen molar-refractivity contribution in [2.24, 2.45) is 7.05 Å². The molecule has 0 unspecified atom stereocenters. The lowest BCUT2D eigenvalue weighted by molar-refractivity contribution is 0.486. The molecule has 0 aliphatic rings. The van der Waals surface area contributed by atoms with Crippen LogP contribution < -0.4 is 4.74 Å². The normalized spacial score (nSPS) is 10.9. The molecule has 0 bridgehead atoms. The van der Waals surface area contributed by atoms with Gasteiger partial charge in [-0.3, -0.25) is 0 Å². The number of nitrogens with zero attached hydrogens (tertiary/aromatic N) is 1. The predicted molar refractivity (Wildman–Crippen MR) is 74.4 cm³/mol. The molecule has 0 saturated heterocycles. The minimum atomic E-state index is -0.452. The van der Waals surface area contributed by atoms with Crippen LogP contribution in [0.5, 0.6) is 11.5 Å². The first kappa shape index (κ1) is 12.1. The van der Waals surface area contributed by atoms with E-state index in [1.165, 1.54) is 12.1 Å². The van der Waals surface area contributed by atoms with E-state index in [0.29, 0.717) is 5.75 Å². The molecule has 0 saturated carbocycles. The lowest BCUT2D eigenvalue weighted by Gasteiger charge is -2.08. The van der Waals surface area contributed by atoms with Crippen molar-refractivity contribution in [3.05, 3.63) is 59.5 Å². The van der Waals surface area contributed by atoms with E-state index in [9.17, 15) is 4.39 Å². The average Bonchev–Trinajstić information content (AvgIpc) is 2.77. The van der Waals surface area contributed by atoms with Crippen LogP contribution in [0, 0.1) is 5.82 Å². The Kier molecular flexibility index (Phi) is 2.91. The van der Waals surface area contributed by atoms with Crippen LogP contribution in [0.15, 0.2) is 48.7 Å². The van der Waals surface area contributed by atoms with E-state index in [4.69, 9.17) is 16.3 Å². The Bertz CT molecular complexity index is 751. The molecular weight excluding hydrogens is 265 g/mol. The van der Waals surface area contributed by atoms with Gasteiger partial charge in [0.2, 0.25) is 0 Å². The maximum atomic E-state index is 13.1. The van der Waals surface area contributed by atoms with Crippen LogP contribution >= 0.6 is 11.6 Å². The summed E-state index contributed by atoms with van der Waals surface area (Å²) in [7, 11) is 1.97. The van der Waals surface area contributed by atoms with E-state index in [1.807, 2.05) is 42.1 Å². The predicted octanol–water partition coefficient (Wildman–Crippen LogP) is 4.76. The molecule has 0 amide bonds. The third-order valence-corrected chi connectivity index (χ3v) is 3.30. The van der Waals surface area contributed by atoms with Gasteiger partial charge in [-0.1, -0.05) is 17.7 Å². The van der Waals surface area contributed by atoms with Gasteiger partial charge in [0.25, 0.3) is 0 Å². The highest BCUT2D eigenvalue weighted by Crippen LogP contribution is 2.31. The third-order valence-electron chi connectivity index (χ3n) is 3.01. The number of hydrogen-bond acceptors (Lipinski definition) is 1. The van der Waals surface area contributed by atoms with Crippen LogP contribution in [-0.4, -0.2) is 4.57 Å². The highest BCUT2D eigenvalue weighted by atomic mass is 35.5. The van der Waals surface area contributed by atoms with Gasteiger partial charge in [-0.05, 0) is 30.3 Å². The zero-order valence-electron chi connectivity index (χ0n) is 10.2. The highest BCUT2D eigenvalue weighted by Gasteiger charge is 2.07. The molecule has 19 heavy (non-hydrogen) atoms. The van der Waals surface area contributed by atoms with Gasteiger partial charge in [0.15, 0.2) is 0 Å². The van der Waals surface area contributed by atoms with Crippen molar-refractivity contribution in [2.45, 2.75) is 0 Å². The minimum Gasteiger partial charge on any atom is -0.457 e. The molecule has 2 aromatic carbocycles. The molecule has 0 aliphatic heterocycles. The van der Waals surface area contributed by atoms with Crippen molar-refractivity contribution in [2.75, 3.05) is 0 Å². The summed E-state index contributed by atoms with van der Waals surface area (Å²) in [5.74, 6) is 0.787. The molecule has 4 heteroatoms. The molecule has 1 aromatic heterocycles. The standard InChI is InChI=1S/C15H11ClFNO/c1-18-8-7-11-14(18)3-2-4-15(11)19-10-5-6-13(17)12(16)9-10/h2-9H,1H3. The van der Waals surface area contributed by atoms with E-state index < -0.39 is 5.82 Å². The number of fused-ring (bicyclic) bond motifs is 1. The molecular formula is C15H11ClFNO. The van der Waals surface area contributed by atoms with Gasteiger partial charge < -0.3 is 9.30 Å². The third kappa shape index (κ3) is 2.17. The summed E-state index contributed by atoms with van der Waals surface area (Å²) in [5, 5.41) is 1.06. The van der Waals surface area contributed by atoms with Gasteiger partial charge in [0.05, 0.1) is 10.5 Å². The lowest BCUT2D eigenvalue weighted by Crippen LogP contribution is -1.88. The van der Waals surface area contributed by atoms with Gasteiger partial charge >= 0.3 is 0 Å². The summed E-state index contributed by atoms with van der Waals surface area (Å²) >= 11 is 5.74. The molecule has 1 heterocycles. The Morgan fingerprint density at radius 1 is 1.16 bits per heavy atom. The second-order valence-corrected chi connectivity index (χ2v) is 4.70. The smallest absolute Gasteiger partial charge is 0.142 e. The number of hydrogen-bond donors (Lipinski definition) is 0. The van der Waals surface area contributed by atoms with Crippen molar-refractivity contribution in [3.8, 4) is 11.5 Å². The number of ether oxygens (including phenoxy) is 1. The van der Waals surface area contributed by atoms with Crippen LogP contribution in [0.25, 0.3) is 10.9 Å². The molecule has 0 spiro atoms. The first-order chi connectivity index (χ1) is 9.15. The van der Waals surface area contributed by atoms with Gasteiger partial charge in [-0.2, -0.15) is 0 Å². The fraction of sp³-hybridized carbons (Fsp3) is 0.0667. The molecule has 96 valence electrons. The monoisotopic (exact) mass is 275 g/mol. The second-order valence-electron chi connectivity index (χ2n) is 4.29. The zero-order chi connectivity index (χ0) is 13.4. The maximum Gasteiger partial charge on any atom is 0.142 e. The second kappa shape index (κ2) is 4.59. The quantitative estimate of drug-likeness (QED) is 0.657. The van der Waals surface area contributed by atoms with E-state index in [2.05, 4.69) is 0 Å². The number of aromatic nitrogens is 1. The van der Waals surface area contributed by atoms with Gasteiger partial charge in [-0.15, -0.1) is 0 Å². The Morgan fingerprint density at radius 3 is 2.79 bits per heavy atom. The zero-order valence-corrected chi connectivity index (χ0v) is 11.0. The van der Waals surface area contributed by atoms with Gasteiger partial charge in [0.1, 0.15) is 17.3 Å². The molecule has 0 aliphatic carbocycles. The summed E-state index contributed by atoms with van der Waals surface area (Å²) in [5.41, 5.74) is 1.07. The molecule has 0 N–H and O–H groups in total. The van der Waals surface area contributed by atoms with E-state index in [0.717, 1.165) is 16.7 Å². The number of benzene rings is 2. The summed E-state index contributed by atoms with van der Waals surface area (Å²) in [6.45, 7) is 0. The first-order valence-corrected chi connectivity index (χ1v) is 6.20. The van der Waals surface area contributed by atoms with E-state index in [-0.39, 0.29) is 5.02 Å². The molecule has 3 rings (SSSR count). The van der Waals surface area contributed by atoms with Crippen molar-refractivity contribution in [3.63, 3.8) is 0 Å². The van der Waals surface area contributed by atoms with Gasteiger partial charge in [0, 0.05) is 24.7 Å². The highest BCUT2D eigenvalue weighted by molar-refractivity contribution is 6.30. The van der Waals surface area contributed by atoms with Crippen molar-refractivity contribution >= 4 is 22.5 Å². The maximum absolute atomic E-state index is 13.1. The molecule has 0 atom stereocenters. The van der Waals surface area contributed by atoms with E-state index >= 15 is 0 Å². The summed E-state index contributed by atoms with van der Waals surface area (Å²) < 4.78 is 20.9. The molecule has 2 nitrogen and oxygen atoms in total. The first-order valence-electron chi connectivity index (χ1n) is 5.82. The Labute approximate surface area is 115 Å². The SMILES string of the molecule is Cn1ccc2c(Oc3ccc(F)c(Cl)c3)cccc21. The van der Waals surface area contributed by atoms with Crippen molar-refractivity contribution in [1.29, 1.82) is 0 Å². The Hall–Kier alpha value is -2.00. The average molecular weight is 276 g/mol. The number of halogens is 2. The van der Waals surface area contributed by atoms with Crippen LogP contribution in [-0.2, 0) is 7.05 Å². The van der Waals surface area contributed by atoms with Crippen LogP contribution in [0.3, 0.4) is 0 Å². The van der Waals surface area contributed by atoms with Crippen LogP contribution in [0.4, 0.5) is 4.39 Å². The summed E-state index contributed by atoms with van der Waals surface area (Å²) in [4.78, 5) is 0. The fourth-order valence-corrected chi connectivity index (χ4v) is 2.20. The van der Waals surface area contributed by atoms with Gasteiger partial charge in [-0.25, -0.2) is 4.39 Å². The van der Waals surface area contributed by atoms with Crippen LogP contribution in [0.2, 0.25) is 5.02 Å². The Morgan fingerprint density at radius 2 is 2.00 bits per heavy atom. The Balaban J connectivity index is 2.03.